The van der Waals surface area contributed by atoms with Crippen LogP contribution >= 0.6 is 0 Å². The van der Waals surface area contributed by atoms with Crippen molar-refractivity contribution in [2.75, 3.05) is 19.6 Å². The van der Waals surface area contributed by atoms with Gasteiger partial charge in [-0.3, -0.25) is 14.7 Å². The number of aromatic nitrogens is 5. The Morgan fingerprint density at radius 2 is 1.94 bits per heavy atom. The van der Waals surface area contributed by atoms with Crippen molar-refractivity contribution in [2.45, 2.75) is 30.7 Å². The van der Waals surface area contributed by atoms with Crippen molar-refractivity contribution >= 4 is 32.6 Å². The van der Waals surface area contributed by atoms with Gasteiger partial charge in [-0.1, -0.05) is 6.07 Å². The van der Waals surface area contributed by atoms with E-state index in [1.807, 2.05) is 0 Å². The number of piperidine rings is 1. The maximum atomic E-state index is 13.2. The van der Waals surface area contributed by atoms with Crippen LogP contribution in [-0.2, 0) is 27.8 Å². The number of nitrogens with zero attached hydrogens (tertiary/aromatic N) is 6. The third kappa shape index (κ3) is 3.22. The molecule has 12 nitrogen and oxygen atoms in total. The summed E-state index contributed by atoms with van der Waals surface area (Å²) in [6.45, 7) is 1.14. The molecule has 2 aliphatic heterocycles. The van der Waals surface area contributed by atoms with Crippen molar-refractivity contribution in [3.63, 3.8) is 0 Å². The van der Waals surface area contributed by atoms with E-state index in [0.717, 1.165) is 5.69 Å². The zero-order valence-corrected chi connectivity index (χ0v) is 18.9. The Bertz CT molecular complexity index is 1580. The molecule has 1 N–H and O–H groups in total. The molecule has 0 bridgehead atoms. The van der Waals surface area contributed by atoms with Crippen molar-refractivity contribution in [3.05, 3.63) is 52.1 Å². The predicted octanol–water partition coefficient (Wildman–Crippen LogP) is 0.544. The number of benzene rings is 1. The Morgan fingerprint density at radius 1 is 1.12 bits per heavy atom. The van der Waals surface area contributed by atoms with Crippen molar-refractivity contribution in [1.82, 2.24) is 34.1 Å². The van der Waals surface area contributed by atoms with E-state index >= 15 is 0 Å². The molecule has 0 saturated carbocycles. The number of H-pyrrole nitrogens is 1. The minimum Gasteiger partial charge on any atom is -0.337 e. The quantitative estimate of drug-likeness (QED) is 0.444. The number of hydrogen-bond donors (Lipinski definition) is 1. The fourth-order valence-corrected chi connectivity index (χ4v) is 6.44. The molecule has 0 unspecified atom stereocenters. The molecule has 13 heteroatoms. The standard InChI is InChI=1S/C21H21N7O5S/c29-20(26-9-7-15-14(12-26)21(30)28-18(23-15)4-8-22-28)13-5-10-27(11-6-13)34(31,32)17-3-1-2-16-19(17)25-33-24-16/h1-4,8,13,22H,5-7,9-12H2. The van der Waals surface area contributed by atoms with Gasteiger partial charge in [-0.25, -0.2) is 22.5 Å². The van der Waals surface area contributed by atoms with Gasteiger partial charge in [-0.05, 0) is 35.3 Å². The zero-order chi connectivity index (χ0) is 23.4. The molecule has 1 saturated heterocycles. The predicted molar refractivity (Wildman–Crippen MR) is 118 cm³/mol. The Hall–Kier alpha value is -3.58. The summed E-state index contributed by atoms with van der Waals surface area (Å²) in [5.41, 5.74) is 2.19. The van der Waals surface area contributed by atoms with Crippen LogP contribution in [-0.4, -0.2) is 68.1 Å². The van der Waals surface area contributed by atoms with E-state index in [4.69, 9.17) is 4.63 Å². The van der Waals surface area contributed by atoms with Crippen molar-refractivity contribution in [2.24, 2.45) is 5.92 Å². The topological polar surface area (TPSA) is 147 Å². The Kier molecular flexibility index (Phi) is 4.78. The molecule has 0 aliphatic carbocycles. The van der Waals surface area contributed by atoms with Crippen LogP contribution in [0.3, 0.4) is 0 Å². The second-order valence-electron chi connectivity index (χ2n) is 8.57. The third-order valence-electron chi connectivity index (χ3n) is 6.67. The first-order valence-corrected chi connectivity index (χ1v) is 12.5. The average Bonchev–Trinajstić information content (AvgIpc) is 3.53. The zero-order valence-electron chi connectivity index (χ0n) is 18.0. The van der Waals surface area contributed by atoms with E-state index in [1.54, 1.807) is 29.3 Å². The van der Waals surface area contributed by atoms with Gasteiger partial charge in [0.05, 0.1) is 17.8 Å². The molecule has 0 radical (unpaired) electrons. The molecule has 1 fully saturated rings. The fraction of sp³-hybridized carbons (Fsp3) is 0.381. The molecule has 1 amide bonds. The van der Waals surface area contributed by atoms with Gasteiger partial charge in [0.2, 0.25) is 15.9 Å². The number of nitrogens with one attached hydrogen (secondary N) is 1. The van der Waals surface area contributed by atoms with Crippen LogP contribution < -0.4 is 5.56 Å². The van der Waals surface area contributed by atoms with Crippen molar-refractivity contribution < 1.29 is 17.8 Å². The maximum Gasteiger partial charge on any atom is 0.277 e. The lowest BCUT2D eigenvalue weighted by Crippen LogP contribution is -2.46. The van der Waals surface area contributed by atoms with Crippen molar-refractivity contribution in [1.29, 1.82) is 0 Å². The van der Waals surface area contributed by atoms with Crippen LogP contribution in [0.15, 0.2) is 44.8 Å². The van der Waals surface area contributed by atoms with Crippen LogP contribution in [0, 0.1) is 5.92 Å². The minimum atomic E-state index is -3.80. The molecule has 1 aromatic carbocycles. The average molecular weight is 484 g/mol. The van der Waals surface area contributed by atoms with E-state index < -0.39 is 10.0 Å². The first kappa shape index (κ1) is 21.0. The Labute approximate surface area is 193 Å². The van der Waals surface area contributed by atoms with E-state index in [1.165, 1.54) is 14.9 Å². The summed E-state index contributed by atoms with van der Waals surface area (Å²) >= 11 is 0. The smallest absolute Gasteiger partial charge is 0.277 e. The monoisotopic (exact) mass is 483 g/mol. The first-order valence-electron chi connectivity index (χ1n) is 11.0. The number of carbonyl (C=O) groups is 1. The van der Waals surface area contributed by atoms with E-state index in [9.17, 15) is 18.0 Å². The van der Waals surface area contributed by atoms with Crippen LogP contribution in [0.4, 0.5) is 0 Å². The molecule has 176 valence electrons. The molecule has 5 heterocycles. The highest BCUT2D eigenvalue weighted by atomic mass is 32.2. The maximum absolute atomic E-state index is 13.2. The number of rotatable bonds is 3. The van der Waals surface area contributed by atoms with Crippen LogP contribution in [0.25, 0.3) is 16.7 Å². The van der Waals surface area contributed by atoms with Gasteiger partial charge < -0.3 is 4.90 Å². The highest BCUT2D eigenvalue weighted by molar-refractivity contribution is 7.89. The summed E-state index contributed by atoms with van der Waals surface area (Å²) in [4.78, 5) is 32.3. The van der Waals surface area contributed by atoms with E-state index in [2.05, 4.69) is 20.4 Å². The van der Waals surface area contributed by atoms with Crippen molar-refractivity contribution in [3.8, 4) is 0 Å². The highest BCUT2D eigenvalue weighted by Crippen LogP contribution is 2.29. The second kappa shape index (κ2) is 7.74. The molecular formula is C21H21N7O5S. The number of fused-ring (bicyclic) bond motifs is 3. The van der Waals surface area contributed by atoms with Crippen LogP contribution in [0.2, 0.25) is 0 Å². The number of hydrogen-bond acceptors (Lipinski definition) is 8. The highest BCUT2D eigenvalue weighted by Gasteiger charge is 2.36. The first-order chi connectivity index (χ1) is 16.4. The van der Waals surface area contributed by atoms with Gasteiger partial charge in [0, 0.05) is 44.2 Å². The fourth-order valence-electron chi connectivity index (χ4n) is 4.84. The number of amides is 1. The Balaban J connectivity index is 1.17. The summed E-state index contributed by atoms with van der Waals surface area (Å²) < 4.78 is 33.9. The molecule has 4 aromatic rings. The molecule has 0 spiro atoms. The second-order valence-corrected chi connectivity index (χ2v) is 10.5. The lowest BCUT2D eigenvalue weighted by molar-refractivity contribution is -0.137. The summed E-state index contributed by atoms with van der Waals surface area (Å²) in [5, 5.41) is 10.3. The van der Waals surface area contributed by atoms with Gasteiger partial charge in [0.15, 0.2) is 11.2 Å². The molecule has 34 heavy (non-hydrogen) atoms. The van der Waals surface area contributed by atoms with E-state index in [0.29, 0.717) is 42.5 Å². The third-order valence-corrected chi connectivity index (χ3v) is 8.60. The minimum absolute atomic E-state index is 0.0484. The molecule has 3 aromatic heterocycles. The van der Waals surface area contributed by atoms with Gasteiger partial charge in [0.25, 0.3) is 5.56 Å². The molecule has 6 rings (SSSR count). The largest absolute Gasteiger partial charge is 0.337 e. The van der Waals surface area contributed by atoms with Gasteiger partial charge in [0.1, 0.15) is 10.4 Å². The summed E-state index contributed by atoms with van der Waals surface area (Å²) in [7, 11) is -3.80. The lowest BCUT2D eigenvalue weighted by atomic mass is 9.95. The summed E-state index contributed by atoms with van der Waals surface area (Å²) in [6, 6.07) is 6.45. The van der Waals surface area contributed by atoms with E-state index in [-0.39, 0.29) is 47.4 Å². The normalized spacial score (nSPS) is 17.9. The SMILES string of the molecule is O=C(C1CCN(S(=O)(=O)c2cccc3nonc23)CC1)N1CCc2nc3cc[nH]n3c(=O)c2C1. The number of carbonyl (C=O) groups excluding carboxylic acids is 1. The van der Waals surface area contributed by atoms with Gasteiger partial charge in [-0.2, -0.15) is 4.31 Å². The Morgan fingerprint density at radius 3 is 2.76 bits per heavy atom. The van der Waals surface area contributed by atoms with Crippen LogP contribution in [0.1, 0.15) is 24.1 Å². The van der Waals surface area contributed by atoms with Crippen LogP contribution in [0.5, 0.6) is 0 Å². The molecule has 2 aliphatic rings. The molecular weight excluding hydrogens is 462 g/mol. The summed E-state index contributed by atoms with van der Waals surface area (Å²) in [6.07, 6.45) is 2.98. The number of aromatic amines is 1. The number of sulfonamides is 1. The van der Waals surface area contributed by atoms with Gasteiger partial charge >= 0.3 is 0 Å². The lowest BCUT2D eigenvalue weighted by Gasteiger charge is -2.35. The molecule has 0 atom stereocenters. The van der Waals surface area contributed by atoms with Gasteiger partial charge in [-0.15, -0.1) is 0 Å². The summed E-state index contributed by atoms with van der Waals surface area (Å²) in [5.74, 6) is -0.357.